The van der Waals surface area contributed by atoms with Crippen molar-refractivity contribution in [2.45, 2.75) is 44.6 Å². The largest absolute Gasteiger partial charge is 0.389 e. The molecule has 1 heterocycles. The fourth-order valence-corrected chi connectivity index (χ4v) is 2.94. The molecule has 1 spiro atoms. The third-order valence-electron chi connectivity index (χ3n) is 4.15. The molecule has 0 bridgehead atoms. The van der Waals surface area contributed by atoms with Gasteiger partial charge < -0.3 is 10.4 Å². The minimum absolute atomic E-state index is 0.299. The predicted octanol–water partition coefficient (Wildman–Crippen LogP) is 1.29. The normalized spacial score (nSPS) is 39.5. The highest BCUT2D eigenvalue weighted by molar-refractivity contribution is 5.08. The van der Waals surface area contributed by atoms with Crippen molar-refractivity contribution < 1.29 is 5.11 Å². The van der Waals surface area contributed by atoms with Crippen molar-refractivity contribution in [1.82, 2.24) is 5.32 Å². The van der Waals surface area contributed by atoms with Gasteiger partial charge in [0.05, 0.1) is 5.60 Å². The highest BCUT2D eigenvalue weighted by Crippen LogP contribution is 2.56. The fourth-order valence-electron chi connectivity index (χ4n) is 2.94. The third-order valence-corrected chi connectivity index (χ3v) is 4.15. The third kappa shape index (κ3) is 0.944. The molecule has 0 aromatic carbocycles. The quantitative estimate of drug-likeness (QED) is 0.620. The van der Waals surface area contributed by atoms with Crippen molar-refractivity contribution in [3.8, 4) is 0 Å². The first kappa shape index (κ1) is 8.52. The zero-order valence-electron chi connectivity index (χ0n) is 7.90. The Kier molecular flexibility index (Phi) is 1.92. The molecule has 12 heavy (non-hydrogen) atoms. The molecule has 2 nitrogen and oxygen atoms in total. The molecule has 1 atom stereocenters. The van der Waals surface area contributed by atoms with Gasteiger partial charge in [-0.15, -0.1) is 0 Å². The molecule has 2 heteroatoms. The Balaban J connectivity index is 2.09. The Morgan fingerprint density at radius 3 is 2.25 bits per heavy atom. The van der Waals surface area contributed by atoms with Crippen molar-refractivity contribution >= 4 is 0 Å². The molecule has 0 unspecified atom stereocenters. The second-order valence-electron chi connectivity index (χ2n) is 4.42. The Morgan fingerprint density at radius 2 is 1.83 bits per heavy atom. The lowest BCUT2D eigenvalue weighted by atomic mass is 9.52. The highest BCUT2D eigenvalue weighted by atomic mass is 16.3. The van der Waals surface area contributed by atoms with E-state index in [1.165, 1.54) is 19.3 Å². The van der Waals surface area contributed by atoms with Gasteiger partial charge in [0.25, 0.3) is 0 Å². The molecular formula is C10H19NO. The Labute approximate surface area is 74.4 Å². The van der Waals surface area contributed by atoms with Crippen molar-refractivity contribution in [3.63, 3.8) is 0 Å². The van der Waals surface area contributed by atoms with E-state index in [2.05, 4.69) is 12.2 Å². The summed E-state index contributed by atoms with van der Waals surface area (Å²) in [7, 11) is 0. The lowest BCUT2D eigenvalue weighted by molar-refractivity contribution is -0.181. The van der Waals surface area contributed by atoms with E-state index in [9.17, 15) is 5.11 Å². The van der Waals surface area contributed by atoms with Gasteiger partial charge in [0.15, 0.2) is 0 Å². The van der Waals surface area contributed by atoms with Gasteiger partial charge >= 0.3 is 0 Å². The number of rotatable bonds is 1. The lowest BCUT2D eigenvalue weighted by Gasteiger charge is -2.58. The van der Waals surface area contributed by atoms with Crippen molar-refractivity contribution in [2.24, 2.45) is 5.41 Å². The van der Waals surface area contributed by atoms with Gasteiger partial charge in [-0.2, -0.15) is 0 Å². The number of nitrogens with one attached hydrogen (secondary N) is 1. The van der Waals surface area contributed by atoms with Crippen molar-refractivity contribution in [2.75, 3.05) is 13.1 Å². The molecule has 0 aromatic rings. The average molecular weight is 169 g/mol. The zero-order chi connectivity index (χ0) is 8.66. The molecule has 1 saturated heterocycles. The summed E-state index contributed by atoms with van der Waals surface area (Å²) in [4.78, 5) is 0. The van der Waals surface area contributed by atoms with Crippen LogP contribution in [-0.2, 0) is 0 Å². The van der Waals surface area contributed by atoms with Crippen LogP contribution in [-0.4, -0.2) is 23.8 Å². The highest BCUT2D eigenvalue weighted by Gasteiger charge is 2.56. The zero-order valence-corrected chi connectivity index (χ0v) is 7.90. The summed E-state index contributed by atoms with van der Waals surface area (Å²) in [5.41, 5.74) is -0.0118. The summed E-state index contributed by atoms with van der Waals surface area (Å²) < 4.78 is 0. The SMILES string of the molecule is CC[C@]1(O)CCC12CCNCC2. The maximum absolute atomic E-state index is 10.3. The molecule has 1 saturated carbocycles. The van der Waals surface area contributed by atoms with Gasteiger partial charge in [0.2, 0.25) is 0 Å². The molecule has 0 radical (unpaired) electrons. The van der Waals surface area contributed by atoms with Crippen LogP contribution in [0.15, 0.2) is 0 Å². The van der Waals surface area contributed by atoms with Crippen LogP contribution in [0.4, 0.5) is 0 Å². The summed E-state index contributed by atoms with van der Waals surface area (Å²) in [6.07, 6.45) is 5.57. The van der Waals surface area contributed by atoms with Crippen LogP contribution in [0.2, 0.25) is 0 Å². The van der Waals surface area contributed by atoms with E-state index in [1.54, 1.807) is 0 Å². The summed E-state index contributed by atoms with van der Waals surface area (Å²) in [6.45, 7) is 4.31. The van der Waals surface area contributed by atoms with Crippen LogP contribution in [0, 0.1) is 5.41 Å². The number of piperidine rings is 1. The summed E-state index contributed by atoms with van der Waals surface area (Å²) >= 11 is 0. The van der Waals surface area contributed by atoms with E-state index in [4.69, 9.17) is 0 Å². The topological polar surface area (TPSA) is 32.3 Å². The second-order valence-corrected chi connectivity index (χ2v) is 4.42. The van der Waals surface area contributed by atoms with Gasteiger partial charge in [-0.3, -0.25) is 0 Å². The molecule has 0 amide bonds. The van der Waals surface area contributed by atoms with E-state index in [0.29, 0.717) is 5.41 Å². The number of hydrogen-bond donors (Lipinski definition) is 2. The van der Waals surface area contributed by atoms with Gasteiger partial charge in [0.1, 0.15) is 0 Å². The maximum Gasteiger partial charge on any atom is 0.0702 e. The molecule has 2 N–H and O–H groups in total. The van der Waals surface area contributed by atoms with Gasteiger partial charge in [-0.25, -0.2) is 0 Å². The van der Waals surface area contributed by atoms with Gasteiger partial charge in [-0.1, -0.05) is 6.92 Å². The minimum Gasteiger partial charge on any atom is -0.389 e. The lowest BCUT2D eigenvalue weighted by Crippen LogP contribution is -2.60. The van der Waals surface area contributed by atoms with Crippen LogP contribution in [0.25, 0.3) is 0 Å². The minimum atomic E-state index is -0.310. The average Bonchev–Trinajstić information content (AvgIpc) is 2.16. The first-order valence-corrected chi connectivity index (χ1v) is 5.16. The molecule has 2 rings (SSSR count). The first-order valence-electron chi connectivity index (χ1n) is 5.16. The fraction of sp³-hybridized carbons (Fsp3) is 1.00. The Hall–Kier alpha value is -0.0800. The van der Waals surface area contributed by atoms with Crippen LogP contribution in [0.3, 0.4) is 0 Å². The molecule has 1 aliphatic carbocycles. The summed E-state index contributed by atoms with van der Waals surface area (Å²) in [6, 6.07) is 0. The van der Waals surface area contributed by atoms with Crippen LogP contribution in [0.1, 0.15) is 39.0 Å². The van der Waals surface area contributed by atoms with E-state index in [-0.39, 0.29) is 5.60 Å². The van der Waals surface area contributed by atoms with Crippen LogP contribution >= 0.6 is 0 Å². The molecule has 2 fully saturated rings. The maximum atomic E-state index is 10.3. The van der Waals surface area contributed by atoms with E-state index < -0.39 is 0 Å². The molecule has 70 valence electrons. The van der Waals surface area contributed by atoms with E-state index >= 15 is 0 Å². The van der Waals surface area contributed by atoms with Crippen LogP contribution in [0.5, 0.6) is 0 Å². The van der Waals surface area contributed by atoms with E-state index in [0.717, 1.165) is 25.9 Å². The van der Waals surface area contributed by atoms with Crippen molar-refractivity contribution in [3.05, 3.63) is 0 Å². The molecular weight excluding hydrogens is 150 g/mol. The van der Waals surface area contributed by atoms with Gasteiger partial charge in [-0.05, 0) is 45.2 Å². The van der Waals surface area contributed by atoms with Gasteiger partial charge in [0, 0.05) is 5.41 Å². The summed E-state index contributed by atoms with van der Waals surface area (Å²) in [5, 5.41) is 13.6. The predicted molar refractivity (Wildman–Crippen MR) is 49.0 cm³/mol. The monoisotopic (exact) mass is 169 g/mol. The molecule has 2 aliphatic rings. The summed E-state index contributed by atoms with van der Waals surface area (Å²) in [5.74, 6) is 0. The Bertz CT molecular complexity index is 171. The van der Waals surface area contributed by atoms with Crippen molar-refractivity contribution in [1.29, 1.82) is 0 Å². The van der Waals surface area contributed by atoms with Crippen LogP contribution < -0.4 is 5.32 Å². The smallest absolute Gasteiger partial charge is 0.0702 e. The molecule has 0 aromatic heterocycles. The number of hydrogen-bond acceptors (Lipinski definition) is 2. The molecule has 1 aliphatic heterocycles. The number of aliphatic hydroxyl groups is 1. The first-order chi connectivity index (χ1) is 5.72. The Morgan fingerprint density at radius 1 is 1.17 bits per heavy atom. The standard InChI is InChI=1S/C10H19NO/c1-2-10(12)4-3-9(10)5-7-11-8-6-9/h11-12H,2-8H2,1H3/t10-/m0/s1. The second kappa shape index (κ2) is 2.71. The van der Waals surface area contributed by atoms with E-state index in [1.807, 2.05) is 0 Å².